The average Bonchev–Trinajstić information content (AvgIpc) is 3.17. The molecule has 0 bridgehead atoms. The van der Waals surface area contributed by atoms with Crippen LogP contribution in [0.1, 0.15) is 44.4 Å². The maximum absolute atomic E-state index is 5.87. The Kier molecular flexibility index (Phi) is 3.89. The number of tetrazole rings is 1. The summed E-state index contributed by atoms with van der Waals surface area (Å²) in [5.74, 6) is 1.86. The Hall–Kier alpha value is -2.28. The lowest BCUT2D eigenvalue weighted by molar-refractivity contribution is 0.317. The summed E-state index contributed by atoms with van der Waals surface area (Å²) in [5.41, 5.74) is 0.844. The number of nitrogens with zero attached hydrogens (tertiary/aromatic N) is 6. The zero-order valence-corrected chi connectivity index (χ0v) is 13.2. The molecule has 3 rings (SSSR count). The molecule has 8 heteroatoms. The molecule has 0 aliphatic carbocycles. The van der Waals surface area contributed by atoms with Crippen molar-refractivity contribution in [3.8, 4) is 11.4 Å². The number of halogens is 1. The highest BCUT2D eigenvalue weighted by molar-refractivity contribution is 6.30. The molecule has 2 aromatic heterocycles. The second kappa shape index (κ2) is 5.84. The Morgan fingerprint density at radius 1 is 1.14 bits per heavy atom. The van der Waals surface area contributed by atoms with Crippen LogP contribution in [0.5, 0.6) is 0 Å². The van der Waals surface area contributed by atoms with Crippen LogP contribution in [0.25, 0.3) is 11.4 Å². The number of aromatic nitrogens is 6. The lowest BCUT2D eigenvalue weighted by atomic mass is 10.2. The summed E-state index contributed by atoms with van der Waals surface area (Å²) in [6.45, 7) is 5.89. The van der Waals surface area contributed by atoms with Crippen molar-refractivity contribution in [2.45, 2.75) is 32.7 Å². The van der Waals surface area contributed by atoms with E-state index in [1.807, 2.05) is 32.9 Å². The van der Waals surface area contributed by atoms with E-state index in [1.165, 1.54) is 4.80 Å². The molecule has 0 saturated heterocycles. The van der Waals surface area contributed by atoms with Crippen molar-refractivity contribution in [2.24, 2.45) is 0 Å². The monoisotopic (exact) mass is 318 g/mol. The molecule has 0 aliphatic heterocycles. The predicted molar refractivity (Wildman–Crippen MR) is 80.5 cm³/mol. The van der Waals surface area contributed by atoms with E-state index in [2.05, 4.69) is 25.6 Å². The standard InChI is InChI=1S/C14H15ClN6O/c1-8(2)12-16-14(22-19-12)9(3)21-18-13(17-20-21)10-4-6-11(15)7-5-10/h4-9H,1-3H3/t9-/m1/s1. The van der Waals surface area contributed by atoms with Crippen LogP contribution in [0.15, 0.2) is 28.8 Å². The molecule has 7 nitrogen and oxygen atoms in total. The number of benzene rings is 1. The van der Waals surface area contributed by atoms with Crippen molar-refractivity contribution in [2.75, 3.05) is 0 Å². The first-order chi connectivity index (χ1) is 10.5. The van der Waals surface area contributed by atoms with Crippen molar-refractivity contribution >= 4 is 11.6 Å². The molecule has 114 valence electrons. The summed E-state index contributed by atoms with van der Waals surface area (Å²) in [7, 11) is 0. The molecule has 0 amide bonds. The lowest BCUT2D eigenvalue weighted by Crippen LogP contribution is -2.11. The molecule has 22 heavy (non-hydrogen) atoms. The van der Waals surface area contributed by atoms with Gasteiger partial charge in [0.05, 0.1) is 0 Å². The first kappa shape index (κ1) is 14.6. The third kappa shape index (κ3) is 2.85. The normalized spacial score (nSPS) is 12.8. The summed E-state index contributed by atoms with van der Waals surface area (Å²) in [6.07, 6.45) is 0. The summed E-state index contributed by atoms with van der Waals surface area (Å²) >= 11 is 5.87. The van der Waals surface area contributed by atoms with E-state index < -0.39 is 0 Å². The van der Waals surface area contributed by atoms with Gasteiger partial charge in [-0.25, -0.2) is 0 Å². The van der Waals surface area contributed by atoms with Crippen molar-refractivity contribution in [1.29, 1.82) is 0 Å². The van der Waals surface area contributed by atoms with E-state index in [-0.39, 0.29) is 12.0 Å². The van der Waals surface area contributed by atoms with Gasteiger partial charge >= 0.3 is 0 Å². The van der Waals surface area contributed by atoms with Gasteiger partial charge in [-0.2, -0.15) is 9.78 Å². The molecule has 0 aliphatic rings. The van der Waals surface area contributed by atoms with Crippen LogP contribution >= 0.6 is 11.6 Å². The molecule has 0 fully saturated rings. The SMILES string of the molecule is CC(C)c1noc([C@@H](C)n2nnc(-c3ccc(Cl)cc3)n2)n1. The van der Waals surface area contributed by atoms with E-state index in [1.54, 1.807) is 12.1 Å². The van der Waals surface area contributed by atoms with Crippen LogP contribution in [0.4, 0.5) is 0 Å². The van der Waals surface area contributed by atoms with Gasteiger partial charge in [0.25, 0.3) is 5.89 Å². The van der Waals surface area contributed by atoms with Gasteiger partial charge in [0.15, 0.2) is 5.82 Å². The third-order valence-corrected chi connectivity index (χ3v) is 3.46. The van der Waals surface area contributed by atoms with Crippen molar-refractivity contribution in [3.63, 3.8) is 0 Å². The van der Waals surface area contributed by atoms with Crippen LogP contribution in [0.3, 0.4) is 0 Å². The molecule has 0 radical (unpaired) electrons. The van der Waals surface area contributed by atoms with Crippen LogP contribution in [0, 0.1) is 0 Å². The van der Waals surface area contributed by atoms with E-state index in [0.717, 1.165) is 5.56 Å². The summed E-state index contributed by atoms with van der Waals surface area (Å²) in [5, 5.41) is 17.1. The highest BCUT2D eigenvalue weighted by atomic mass is 35.5. The van der Waals surface area contributed by atoms with Crippen LogP contribution in [0.2, 0.25) is 5.02 Å². The molecular weight excluding hydrogens is 304 g/mol. The Balaban J connectivity index is 1.84. The highest BCUT2D eigenvalue weighted by Gasteiger charge is 2.20. The summed E-state index contributed by atoms with van der Waals surface area (Å²) < 4.78 is 5.27. The molecule has 2 heterocycles. The first-order valence-electron chi connectivity index (χ1n) is 6.93. The van der Waals surface area contributed by atoms with Gasteiger partial charge in [0.2, 0.25) is 5.82 Å². The molecule has 0 spiro atoms. The fraction of sp³-hybridized carbons (Fsp3) is 0.357. The molecule has 0 N–H and O–H groups in total. The van der Waals surface area contributed by atoms with Crippen molar-refractivity contribution in [1.82, 2.24) is 30.3 Å². The first-order valence-corrected chi connectivity index (χ1v) is 7.31. The van der Waals surface area contributed by atoms with E-state index >= 15 is 0 Å². The largest absolute Gasteiger partial charge is 0.337 e. The Morgan fingerprint density at radius 3 is 2.50 bits per heavy atom. The Labute approximate surface area is 132 Å². The maximum atomic E-state index is 5.87. The fourth-order valence-corrected chi connectivity index (χ4v) is 1.98. The molecule has 0 saturated carbocycles. The smallest absolute Gasteiger partial charge is 0.253 e. The molecule has 1 atom stereocenters. The second-order valence-electron chi connectivity index (χ2n) is 5.26. The van der Waals surface area contributed by atoms with Gasteiger partial charge in [0.1, 0.15) is 6.04 Å². The second-order valence-corrected chi connectivity index (χ2v) is 5.70. The van der Waals surface area contributed by atoms with E-state index in [9.17, 15) is 0 Å². The lowest BCUT2D eigenvalue weighted by Gasteiger charge is -2.03. The number of hydrogen-bond donors (Lipinski definition) is 0. The minimum absolute atomic E-state index is 0.207. The van der Waals surface area contributed by atoms with Gasteiger partial charge in [-0.1, -0.05) is 30.6 Å². The zero-order valence-electron chi connectivity index (χ0n) is 12.4. The third-order valence-electron chi connectivity index (χ3n) is 3.21. The number of rotatable bonds is 4. The highest BCUT2D eigenvalue weighted by Crippen LogP contribution is 2.20. The molecule has 1 aromatic carbocycles. The van der Waals surface area contributed by atoms with Gasteiger partial charge < -0.3 is 4.52 Å². The van der Waals surface area contributed by atoms with Crippen molar-refractivity contribution < 1.29 is 4.52 Å². The van der Waals surface area contributed by atoms with Crippen LogP contribution in [-0.4, -0.2) is 30.3 Å². The van der Waals surface area contributed by atoms with Gasteiger partial charge in [-0.15, -0.1) is 10.2 Å². The van der Waals surface area contributed by atoms with Gasteiger partial charge in [0, 0.05) is 16.5 Å². The fourth-order valence-electron chi connectivity index (χ4n) is 1.85. The summed E-state index contributed by atoms with van der Waals surface area (Å²) in [6, 6.07) is 6.98. The van der Waals surface area contributed by atoms with Crippen LogP contribution in [-0.2, 0) is 0 Å². The topological polar surface area (TPSA) is 82.5 Å². The van der Waals surface area contributed by atoms with Crippen molar-refractivity contribution in [3.05, 3.63) is 41.0 Å². The van der Waals surface area contributed by atoms with Gasteiger partial charge in [-0.05, 0) is 36.4 Å². The minimum atomic E-state index is -0.284. The molecular formula is C14H15ClN6O. The Morgan fingerprint density at radius 2 is 1.86 bits per heavy atom. The van der Waals surface area contributed by atoms with Gasteiger partial charge in [-0.3, -0.25) is 0 Å². The van der Waals surface area contributed by atoms with E-state index in [0.29, 0.717) is 22.6 Å². The predicted octanol–water partition coefficient (Wildman–Crippen LogP) is 3.11. The van der Waals surface area contributed by atoms with E-state index in [4.69, 9.17) is 16.1 Å². The zero-order chi connectivity index (χ0) is 15.7. The number of hydrogen-bond acceptors (Lipinski definition) is 6. The minimum Gasteiger partial charge on any atom is -0.337 e. The van der Waals surface area contributed by atoms with Crippen LogP contribution < -0.4 is 0 Å². The maximum Gasteiger partial charge on any atom is 0.253 e. The Bertz CT molecular complexity index is 764. The summed E-state index contributed by atoms with van der Waals surface area (Å²) in [4.78, 5) is 5.82. The molecule has 0 unspecified atom stereocenters. The molecule has 3 aromatic rings. The average molecular weight is 319 g/mol. The quantitative estimate of drug-likeness (QED) is 0.735.